The lowest BCUT2D eigenvalue weighted by atomic mass is 10.2. The van der Waals surface area contributed by atoms with E-state index in [1.807, 2.05) is 30.3 Å². The molecule has 0 amide bonds. The molecular formula is C19H17N7O2. The molecule has 0 saturated heterocycles. The predicted octanol–water partition coefficient (Wildman–Crippen LogP) is 3.25. The molecule has 0 atom stereocenters. The summed E-state index contributed by atoms with van der Waals surface area (Å²) < 4.78 is 1.76. The molecule has 9 heteroatoms. The summed E-state index contributed by atoms with van der Waals surface area (Å²) in [5.74, 6) is 0.663. The first-order chi connectivity index (χ1) is 13.7. The highest BCUT2D eigenvalue weighted by Gasteiger charge is 2.12. The molecule has 2 aromatic carbocycles. The quantitative estimate of drug-likeness (QED) is 0.290. The molecule has 140 valence electrons. The van der Waals surface area contributed by atoms with Gasteiger partial charge in [-0.3, -0.25) is 10.1 Å². The molecule has 0 bridgehead atoms. The molecule has 28 heavy (non-hydrogen) atoms. The van der Waals surface area contributed by atoms with Gasteiger partial charge >= 0.3 is 0 Å². The Labute approximate surface area is 160 Å². The van der Waals surface area contributed by atoms with Crippen LogP contribution in [0.15, 0.2) is 67.1 Å². The highest BCUT2D eigenvalue weighted by Crippen LogP contribution is 2.23. The second-order valence-corrected chi connectivity index (χ2v) is 5.98. The summed E-state index contributed by atoms with van der Waals surface area (Å²) >= 11 is 0. The molecule has 0 aliphatic rings. The zero-order chi connectivity index (χ0) is 19.3. The van der Waals surface area contributed by atoms with Crippen LogP contribution >= 0.6 is 0 Å². The first-order valence-corrected chi connectivity index (χ1v) is 8.69. The van der Waals surface area contributed by atoms with Crippen molar-refractivity contribution >= 4 is 28.2 Å². The Balaban J connectivity index is 1.46. The van der Waals surface area contributed by atoms with Crippen LogP contribution in [0.3, 0.4) is 0 Å². The zero-order valence-corrected chi connectivity index (χ0v) is 14.8. The second-order valence-electron chi connectivity index (χ2n) is 5.98. The van der Waals surface area contributed by atoms with Gasteiger partial charge in [-0.2, -0.15) is 5.10 Å². The molecule has 0 fully saturated rings. The molecule has 4 aromatic rings. The number of nitro groups is 1. The number of aromatic nitrogens is 4. The van der Waals surface area contributed by atoms with Crippen molar-refractivity contribution in [2.45, 2.75) is 0 Å². The van der Waals surface area contributed by atoms with Gasteiger partial charge in [-0.15, -0.1) is 0 Å². The van der Waals surface area contributed by atoms with Crippen LogP contribution in [0.2, 0.25) is 0 Å². The van der Waals surface area contributed by atoms with Gasteiger partial charge in [-0.1, -0.05) is 30.3 Å². The Morgan fingerprint density at radius 1 is 0.964 bits per heavy atom. The summed E-state index contributed by atoms with van der Waals surface area (Å²) in [6.07, 6.45) is 3.21. The minimum atomic E-state index is -0.401. The van der Waals surface area contributed by atoms with Crippen molar-refractivity contribution < 1.29 is 4.92 Å². The topological polar surface area (TPSA) is 111 Å². The Morgan fingerprint density at radius 3 is 2.54 bits per heavy atom. The first-order valence-electron chi connectivity index (χ1n) is 8.69. The standard InChI is InChI=1S/C19H17N7O2/c27-26(28)17-9-5-4-8-16(17)20-10-11-21-18-15-12-24-25(19(15)23-13-22-18)14-6-2-1-3-7-14/h1-9,12-13,20H,10-11H2,(H,21,22,23). The largest absolute Gasteiger partial charge is 0.378 e. The van der Waals surface area contributed by atoms with Crippen LogP contribution < -0.4 is 10.6 Å². The van der Waals surface area contributed by atoms with Gasteiger partial charge in [-0.05, 0) is 18.2 Å². The summed E-state index contributed by atoms with van der Waals surface area (Å²) in [7, 11) is 0. The van der Waals surface area contributed by atoms with Gasteiger partial charge in [0.15, 0.2) is 5.65 Å². The first kappa shape index (κ1) is 17.4. The number of nitrogens with zero attached hydrogens (tertiary/aromatic N) is 5. The van der Waals surface area contributed by atoms with Crippen molar-refractivity contribution in [1.29, 1.82) is 0 Å². The van der Waals surface area contributed by atoms with Crippen molar-refractivity contribution in [3.63, 3.8) is 0 Å². The van der Waals surface area contributed by atoms with Gasteiger partial charge in [0.1, 0.15) is 17.8 Å². The van der Waals surface area contributed by atoms with Crippen molar-refractivity contribution in [2.75, 3.05) is 23.7 Å². The van der Waals surface area contributed by atoms with Crippen molar-refractivity contribution in [2.24, 2.45) is 0 Å². The van der Waals surface area contributed by atoms with Crippen LogP contribution in [0, 0.1) is 10.1 Å². The second kappa shape index (κ2) is 7.70. The van der Waals surface area contributed by atoms with Crippen LogP contribution in [-0.4, -0.2) is 37.8 Å². The lowest BCUT2D eigenvalue weighted by molar-refractivity contribution is -0.384. The van der Waals surface area contributed by atoms with Crippen molar-refractivity contribution in [3.8, 4) is 5.69 Å². The van der Waals surface area contributed by atoms with E-state index in [9.17, 15) is 10.1 Å². The van der Waals surface area contributed by atoms with Gasteiger partial charge in [-0.25, -0.2) is 14.6 Å². The molecule has 0 spiro atoms. The Hall–Kier alpha value is -4.01. The van der Waals surface area contributed by atoms with Gasteiger partial charge in [0.25, 0.3) is 5.69 Å². The highest BCUT2D eigenvalue weighted by molar-refractivity contribution is 5.87. The third kappa shape index (κ3) is 3.45. The molecule has 0 unspecified atom stereocenters. The monoisotopic (exact) mass is 375 g/mol. The van der Waals surface area contributed by atoms with Gasteiger partial charge in [0.2, 0.25) is 0 Å². The average molecular weight is 375 g/mol. The molecule has 2 N–H and O–H groups in total. The number of nitrogens with one attached hydrogen (secondary N) is 2. The van der Waals surface area contributed by atoms with E-state index in [1.54, 1.807) is 29.1 Å². The maximum atomic E-state index is 11.1. The maximum absolute atomic E-state index is 11.1. The summed E-state index contributed by atoms with van der Waals surface area (Å²) in [6, 6.07) is 16.3. The minimum absolute atomic E-state index is 0.0519. The van der Waals surface area contributed by atoms with Crippen LogP contribution in [0.25, 0.3) is 16.7 Å². The summed E-state index contributed by atoms with van der Waals surface area (Å²) in [4.78, 5) is 19.3. The molecule has 0 saturated carbocycles. The molecule has 0 aliphatic heterocycles. The Morgan fingerprint density at radius 2 is 1.71 bits per heavy atom. The fourth-order valence-electron chi connectivity index (χ4n) is 2.90. The lowest BCUT2D eigenvalue weighted by Crippen LogP contribution is -2.15. The Kier molecular flexibility index (Phi) is 4.79. The molecule has 2 heterocycles. The number of para-hydroxylation sites is 3. The van der Waals surface area contributed by atoms with Gasteiger partial charge < -0.3 is 10.6 Å². The lowest BCUT2D eigenvalue weighted by Gasteiger charge is -2.09. The van der Waals surface area contributed by atoms with Gasteiger partial charge in [0.05, 0.1) is 22.2 Å². The number of nitro benzene ring substituents is 1. The van der Waals surface area contributed by atoms with Crippen LogP contribution in [0.5, 0.6) is 0 Å². The fraction of sp³-hybridized carbons (Fsp3) is 0.105. The fourth-order valence-corrected chi connectivity index (χ4v) is 2.90. The normalized spacial score (nSPS) is 10.7. The van der Waals surface area contributed by atoms with Crippen molar-refractivity contribution in [3.05, 3.63) is 77.2 Å². The van der Waals surface area contributed by atoms with Gasteiger partial charge in [0, 0.05) is 19.2 Å². The Bertz CT molecular complexity index is 1110. The number of fused-ring (bicyclic) bond motifs is 1. The number of benzene rings is 2. The van der Waals surface area contributed by atoms with Crippen LogP contribution in [-0.2, 0) is 0 Å². The van der Waals surface area contributed by atoms with E-state index in [2.05, 4.69) is 25.7 Å². The van der Waals surface area contributed by atoms with E-state index < -0.39 is 4.92 Å². The average Bonchev–Trinajstić information content (AvgIpc) is 3.17. The minimum Gasteiger partial charge on any atom is -0.378 e. The molecule has 0 radical (unpaired) electrons. The molecule has 0 aliphatic carbocycles. The van der Waals surface area contributed by atoms with E-state index in [0.29, 0.717) is 30.2 Å². The third-order valence-corrected chi connectivity index (χ3v) is 4.20. The number of anilines is 2. The van der Waals surface area contributed by atoms with E-state index in [4.69, 9.17) is 0 Å². The highest BCUT2D eigenvalue weighted by atomic mass is 16.6. The number of hydrogen-bond acceptors (Lipinski definition) is 7. The van der Waals surface area contributed by atoms with Crippen LogP contribution in [0.4, 0.5) is 17.2 Å². The molecule has 9 nitrogen and oxygen atoms in total. The number of hydrogen-bond donors (Lipinski definition) is 2. The molecular weight excluding hydrogens is 358 g/mol. The summed E-state index contributed by atoms with van der Waals surface area (Å²) in [6.45, 7) is 1.01. The van der Waals surface area contributed by atoms with E-state index in [1.165, 1.54) is 12.4 Å². The number of rotatable bonds is 7. The van der Waals surface area contributed by atoms with E-state index in [-0.39, 0.29) is 5.69 Å². The maximum Gasteiger partial charge on any atom is 0.292 e. The van der Waals surface area contributed by atoms with E-state index in [0.717, 1.165) is 11.1 Å². The smallest absolute Gasteiger partial charge is 0.292 e. The zero-order valence-electron chi connectivity index (χ0n) is 14.8. The van der Waals surface area contributed by atoms with Crippen molar-refractivity contribution in [1.82, 2.24) is 19.7 Å². The summed E-state index contributed by atoms with van der Waals surface area (Å²) in [5, 5.41) is 22.6. The van der Waals surface area contributed by atoms with E-state index >= 15 is 0 Å². The summed E-state index contributed by atoms with van der Waals surface area (Å²) in [5.41, 5.74) is 2.16. The predicted molar refractivity (Wildman–Crippen MR) is 107 cm³/mol. The molecule has 4 rings (SSSR count). The SMILES string of the molecule is O=[N+]([O-])c1ccccc1NCCNc1ncnc2c1cnn2-c1ccccc1. The third-order valence-electron chi connectivity index (χ3n) is 4.20. The molecule has 2 aromatic heterocycles. The van der Waals surface area contributed by atoms with Crippen LogP contribution in [0.1, 0.15) is 0 Å².